The maximum absolute atomic E-state index is 13.3. The van der Waals surface area contributed by atoms with Crippen LogP contribution in [0.15, 0.2) is 72.6 Å². The zero-order valence-electron chi connectivity index (χ0n) is 19.2. The summed E-state index contributed by atoms with van der Waals surface area (Å²) in [5.74, 6) is -0.842. The number of aromatic nitrogens is 1. The second-order valence-electron chi connectivity index (χ2n) is 8.61. The highest BCUT2D eigenvalue weighted by Gasteiger charge is 2.47. The molecule has 0 saturated carbocycles. The third-order valence-electron chi connectivity index (χ3n) is 5.58. The average molecular weight is 477 g/mol. The van der Waals surface area contributed by atoms with Crippen LogP contribution in [-0.4, -0.2) is 28.4 Å². The minimum atomic E-state index is -0.830. The first kappa shape index (κ1) is 23.5. The molecule has 0 bridgehead atoms. The highest BCUT2D eigenvalue weighted by atomic mass is 35.5. The zero-order valence-corrected chi connectivity index (χ0v) is 19.9. The summed E-state index contributed by atoms with van der Waals surface area (Å²) in [6.45, 7) is 6.42. The summed E-state index contributed by atoms with van der Waals surface area (Å²) in [5, 5.41) is 11.8. The van der Waals surface area contributed by atoms with E-state index in [1.165, 1.54) is 4.90 Å². The molecule has 2 aromatic carbocycles. The summed E-state index contributed by atoms with van der Waals surface area (Å²) in [7, 11) is 0. The molecule has 1 fully saturated rings. The number of aryl methyl sites for hydroxylation is 1. The van der Waals surface area contributed by atoms with Crippen molar-refractivity contribution in [2.75, 3.05) is 11.5 Å². The van der Waals surface area contributed by atoms with Gasteiger partial charge in [-0.05, 0) is 66.4 Å². The van der Waals surface area contributed by atoms with Crippen molar-refractivity contribution in [3.05, 3.63) is 94.3 Å². The van der Waals surface area contributed by atoms with Crippen molar-refractivity contribution in [1.82, 2.24) is 4.98 Å². The molecule has 2 heterocycles. The van der Waals surface area contributed by atoms with E-state index in [-0.39, 0.29) is 11.3 Å². The van der Waals surface area contributed by atoms with Crippen LogP contribution < -0.4 is 9.64 Å². The summed E-state index contributed by atoms with van der Waals surface area (Å²) in [6.07, 6.45) is 3.18. The van der Waals surface area contributed by atoms with Crippen molar-refractivity contribution in [2.24, 2.45) is 5.92 Å². The number of hydrogen-bond donors (Lipinski definition) is 1. The largest absolute Gasteiger partial charge is 0.507 e. The van der Waals surface area contributed by atoms with Gasteiger partial charge in [0.05, 0.1) is 18.2 Å². The van der Waals surface area contributed by atoms with Crippen molar-refractivity contribution in [3.8, 4) is 5.75 Å². The van der Waals surface area contributed by atoms with E-state index in [0.717, 1.165) is 5.56 Å². The maximum atomic E-state index is 13.3. The van der Waals surface area contributed by atoms with Gasteiger partial charge in [-0.1, -0.05) is 37.6 Å². The van der Waals surface area contributed by atoms with Crippen molar-refractivity contribution in [3.63, 3.8) is 0 Å². The average Bonchev–Trinajstić information content (AvgIpc) is 3.08. The predicted molar refractivity (Wildman–Crippen MR) is 132 cm³/mol. The number of benzene rings is 2. The molecule has 1 aliphatic heterocycles. The molecule has 1 amide bonds. The Morgan fingerprint density at radius 2 is 1.85 bits per heavy atom. The van der Waals surface area contributed by atoms with Gasteiger partial charge in [0.1, 0.15) is 11.5 Å². The van der Waals surface area contributed by atoms with Crippen LogP contribution in [0.1, 0.15) is 36.6 Å². The SMILES string of the molecule is Cc1cc(Cl)ccc1N1C(=O)C(=O)/C(=C(/O)c2cccc(OCC(C)C)c2)C1c1ccncc1. The number of carbonyl (C=O) groups excluding carboxylic acids is 2. The lowest BCUT2D eigenvalue weighted by Gasteiger charge is -2.26. The van der Waals surface area contributed by atoms with Gasteiger partial charge in [-0.3, -0.25) is 19.5 Å². The van der Waals surface area contributed by atoms with E-state index in [1.54, 1.807) is 67.0 Å². The monoisotopic (exact) mass is 476 g/mol. The lowest BCUT2D eigenvalue weighted by Crippen LogP contribution is -2.30. The van der Waals surface area contributed by atoms with E-state index in [0.29, 0.717) is 40.1 Å². The first-order valence-corrected chi connectivity index (χ1v) is 11.4. The summed E-state index contributed by atoms with van der Waals surface area (Å²) in [5.41, 5.74) is 2.33. The Kier molecular flexibility index (Phi) is 6.70. The molecule has 7 heteroatoms. The second-order valence-corrected chi connectivity index (χ2v) is 9.05. The van der Waals surface area contributed by atoms with Gasteiger partial charge in [0.15, 0.2) is 0 Å². The van der Waals surface area contributed by atoms with Gasteiger partial charge in [-0.15, -0.1) is 0 Å². The van der Waals surface area contributed by atoms with Gasteiger partial charge in [-0.2, -0.15) is 0 Å². The molecule has 1 unspecified atom stereocenters. The number of ether oxygens (including phenoxy) is 1. The molecule has 1 saturated heterocycles. The smallest absolute Gasteiger partial charge is 0.300 e. The van der Waals surface area contributed by atoms with Gasteiger partial charge in [0.2, 0.25) is 0 Å². The Morgan fingerprint density at radius 1 is 1.12 bits per heavy atom. The van der Waals surface area contributed by atoms with E-state index in [1.807, 2.05) is 20.8 Å². The Labute approximate surface area is 203 Å². The number of rotatable bonds is 6. The molecule has 3 aromatic rings. The van der Waals surface area contributed by atoms with E-state index < -0.39 is 17.7 Å². The molecular weight excluding hydrogens is 452 g/mol. The van der Waals surface area contributed by atoms with Crippen LogP contribution in [0, 0.1) is 12.8 Å². The van der Waals surface area contributed by atoms with Gasteiger partial charge >= 0.3 is 0 Å². The highest BCUT2D eigenvalue weighted by Crippen LogP contribution is 2.43. The van der Waals surface area contributed by atoms with Crippen molar-refractivity contribution < 1.29 is 19.4 Å². The molecule has 174 valence electrons. The van der Waals surface area contributed by atoms with Crippen LogP contribution >= 0.6 is 11.6 Å². The van der Waals surface area contributed by atoms with Crippen LogP contribution in [0.3, 0.4) is 0 Å². The van der Waals surface area contributed by atoms with Gasteiger partial charge in [0, 0.05) is 28.7 Å². The Hall–Kier alpha value is -3.64. The molecular formula is C27H25ClN2O4. The molecule has 0 aliphatic carbocycles. The number of nitrogens with zero attached hydrogens (tertiary/aromatic N) is 2. The molecule has 1 N–H and O–H groups in total. The molecule has 1 aromatic heterocycles. The Balaban J connectivity index is 1.87. The molecule has 34 heavy (non-hydrogen) atoms. The normalized spacial score (nSPS) is 17.4. The molecule has 6 nitrogen and oxygen atoms in total. The Morgan fingerprint density at radius 3 is 2.53 bits per heavy atom. The lowest BCUT2D eigenvalue weighted by molar-refractivity contribution is -0.132. The van der Waals surface area contributed by atoms with Crippen LogP contribution in [-0.2, 0) is 9.59 Å². The highest BCUT2D eigenvalue weighted by molar-refractivity contribution is 6.51. The van der Waals surface area contributed by atoms with E-state index in [2.05, 4.69) is 4.98 Å². The summed E-state index contributed by atoms with van der Waals surface area (Å²) in [6, 6.07) is 14.6. The van der Waals surface area contributed by atoms with Crippen LogP contribution in [0.5, 0.6) is 5.75 Å². The van der Waals surface area contributed by atoms with Crippen LogP contribution in [0.25, 0.3) is 5.76 Å². The fourth-order valence-corrected chi connectivity index (χ4v) is 4.21. The molecule has 0 radical (unpaired) electrons. The van der Waals surface area contributed by atoms with Crippen molar-refractivity contribution in [1.29, 1.82) is 0 Å². The minimum Gasteiger partial charge on any atom is -0.507 e. The molecule has 1 aliphatic rings. The number of hydrogen-bond acceptors (Lipinski definition) is 5. The second kappa shape index (κ2) is 9.69. The van der Waals surface area contributed by atoms with Gasteiger partial charge < -0.3 is 9.84 Å². The fraction of sp³-hybridized carbons (Fsp3) is 0.222. The molecule has 4 rings (SSSR count). The lowest BCUT2D eigenvalue weighted by atomic mass is 9.95. The third-order valence-corrected chi connectivity index (χ3v) is 5.81. The number of anilines is 1. The maximum Gasteiger partial charge on any atom is 0.300 e. The van der Waals surface area contributed by atoms with Crippen molar-refractivity contribution in [2.45, 2.75) is 26.8 Å². The van der Waals surface area contributed by atoms with E-state index in [9.17, 15) is 14.7 Å². The van der Waals surface area contributed by atoms with E-state index in [4.69, 9.17) is 16.3 Å². The minimum absolute atomic E-state index is 0.00607. The first-order valence-electron chi connectivity index (χ1n) is 11.0. The third kappa shape index (κ3) is 4.54. The van der Waals surface area contributed by atoms with Crippen LogP contribution in [0.4, 0.5) is 5.69 Å². The number of pyridine rings is 1. The van der Waals surface area contributed by atoms with Crippen LogP contribution in [0.2, 0.25) is 5.02 Å². The first-order chi connectivity index (χ1) is 16.3. The Bertz CT molecular complexity index is 1270. The quantitative estimate of drug-likeness (QED) is 0.280. The summed E-state index contributed by atoms with van der Waals surface area (Å²) < 4.78 is 5.78. The number of aliphatic hydroxyl groups is 1. The van der Waals surface area contributed by atoms with E-state index >= 15 is 0 Å². The topological polar surface area (TPSA) is 79.7 Å². The van der Waals surface area contributed by atoms with Gasteiger partial charge in [-0.25, -0.2) is 0 Å². The predicted octanol–water partition coefficient (Wildman–Crippen LogP) is 5.70. The molecule has 0 spiro atoms. The fourth-order valence-electron chi connectivity index (χ4n) is 3.98. The zero-order chi connectivity index (χ0) is 24.4. The number of carbonyl (C=O) groups is 2. The number of halogens is 1. The number of Topliss-reactive ketones (excluding diaryl/α,β-unsaturated/α-hetero) is 1. The van der Waals surface area contributed by atoms with Crippen molar-refractivity contribution >= 4 is 34.7 Å². The number of ketones is 1. The number of aliphatic hydroxyl groups excluding tert-OH is 1. The van der Waals surface area contributed by atoms with Gasteiger partial charge in [0.25, 0.3) is 11.7 Å². The standard InChI is InChI=1S/C27H25ClN2O4/c1-16(2)15-34-21-6-4-5-19(14-21)25(31)23-24(18-9-11-29-12-10-18)30(27(33)26(23)32)22-8-7-20(28)13-17(22)3/h4-14,16,24,31H,15H2,1-3H3/b25-23+. The number of amides is 1. The molecule has 1 atom stereocenters. The summed E-state index contributed by atoms with van der Waals surface area (Å²) in [4.78, 5) is 32.0. The summed E-state index contributed by atoms with van der Waals surface area (Å²) >= 11 is 6.12.